The number of carbonyl (C=O) groups excluding carboxylic acids is 2. The Labute approximate surface area is 148 Å². The van der Waals surface area contributed by atoms with Crippen LogP contribution in [0.25, 0.3) is 0 Å². The minimum atomic E-state index is -3.03. The van der Waals surface area contributed by atoms with Crippen molar-refractivity contribution in [1.29, 1.82) is 0 Å². The summed E-state index contributed by atoms with van der Waals surface area (Å²) < 4.78 is 22.8. The van der Waals surface area contributed by atoms with E-state index in [9.17, 15) is 18.0 Å². The summed E-state index contributed by atoms with van der Waals surface area (Å²) in [5.74, 6) is 2.31. The number of sulfone groups is 1. The van der Waals surface area contributed by atoms with Crippen molar-refractivity contribution in [2.75, 3.05) is 11.5 Å². The number of hydrogen-bond donors (Lipinski definition) is 3. The second-order valence-electron chi connectivity index (χ2n) is 8.84. The Balaban J connectivity index is 1.24. The van der Waals surface area contributed by atoms with Crippen LogP contribution in [0.1, 0.15) is 51.4 Å². The molecule has 1 heterocycles. The number of hydrogen-bond acceptors (Lipinski definition) is 4. The molecule has 0 radical (unpaired) electrons. The van der Waals surface area contributed by atoms with Crippen molar-refractivity contribution in [3.05, 3.63) is 0 Å². The fourth-order valence-electron chi connectivity index (χ4n) is 6.15. The Morgan fingerprint density at radius 3 is 2.08 bits per heavy atom. The number of amides is 3. The predicted octanol–water partition coefficient (Wildman–Crippen LogP) is 1.11. The van der Waals surface area contributed by atoms with Crippen LogP contribution in [0.15, 0.2) is 0 Å². The zero-order valence-corrected chi connectivity index (χ0v) is 15.2. The molecule has 0 aromatic heterocycles. The summed E-state index contributed by atoms with van der Waals surface area (Å²) in [7, 11) is -3.03. The standard InChI is InChI=1S/C17H27N3O4S/c21-15(19-20-16(22)18-14-1-2-25(23,24)10-14)9-17-6-11-3-12(7-17)5-13(4-11)8-17/h11-14H,1-10H2,(H,19,21)(H2,18,20,22). The van der Waals surface area contributed by atoms with Gasteiger partial charge < -0.3 is 5.32 Å². The molecule has 4 bridgehead atoms. The zero-order chi connectivity index (χ0) is 17.7. The first kappa shape index (κ1) is 17.1. The van der Waals surface area contributed by atoms with Crippen LogP contribution in [-0.2, 0) is 14.6 Å². The lowest BCUT2D eigenvalue weighted by Gasteiger charge is -2.56. The first-order chi connectivity index (χ1) is 11.8. The van der Waals surface area contributed by atoms with Crippen LogP contribution < -0.4 is 16.2 Å². The third-order valence-corrected chi connectivity index (χ3v) is 8.35. The SMILES string of the molecule is O=C(CC12CC3CC(CC(C3)C1)C2)NNC(=O)NC1CCS(=O)(=O)C1. The molecule has 5 rings (SSSR count). The number of rotatable bonds is 3. The van der Waals surface area contributed by atoms with E-state index in [0.717, 1.165) is 37.0 Å². The normalized spacial score (nSPS) is 40.6. The molecule has 1 atom stereocenters. The van der Waals surface area contributed by atoms with Gasteiger partial charge in [0.2, 0.25) is 5.91 Å². The van der Waals surface area contributed by atoms with Gasteiger partial charge in [-0.25, -0.2) is 18.6 Å². The second-order valence-corrected chi connectivity index (χ2v) is 11.1. The van der Waals surface area contributed by atoms with Crippen molar-refractivity contribution < 1.29 is 18.0 Å². The molecule has 8 heteroatoms. The molecule has 4 aliphatic carbocycles. The molecule has 4 saturated carbocycles. The summed E-state index contributed by atoms with van der Waals surface area (Å²) in [4.78, 5) is 24.2. The summed E-state index contributed by atoms with van der Waals surface area (Å²) in [5, 5.41) is 2.61. The largest absolute Gasteiger partial charge is 0.333 e. The molecule has 1 saturated heterocycles. The Morgan fingerprint density at radius 1 is 0.960 bits per heavy atom. The van der Waals surface area contributed by atoms with E-state index in [4.69, 9.17) is 0 Å². The van der Waals surface area contributed by atoms with Crippen LogP contribution >= 0.6 is 0 Å². The topological polar surface area (TPSA) is 104 Å². The van der Waals surface area contributed by atoms with E-state index >= 15 is 0 Å². The maximum absolute atomic E-state index is 12.3. The van der Waals surface area contributed by atoms with Gasteiger partial charge in [-0.2, -0.15) is 0 Å². The van der Waals surface area contributed by atoms with Crippen LogP contribution in [0.3, 0.4) is 0 Å². The van der Waals surface area contributed by atoms with Crippen molar-refractivity contribution in [1.82, 2.24) is 16.2 Å². The van der Waals surface area contributed by atoms with Crippen LogP contribution in [-0.4, -0.2) is 37.9 Å². The minimum Gasteiger partial charge on any atom is -0.333 e. The van der Waals surface area contributed by atoms with E-state index in [0.29, 0.717) is 12.8 Å². The molecule has 7 nitrogen and oxygen atoms in total. The lowest BCUT2D eigenvalue weighted by molar-refractivity contribution is -0.130. The van der Waals surface area contributed by atoms with Crippen molar-refractivity contribution >= 4 is 21.8 Å². The third kappa shape index (κ3) is 3.78. The van der Waals surface area contributed by atoms with Crippen LogP contribution in [0.5, 0.6) is 0 Å². The number of hydrazine groups is 1. The van der Waals surface area contributed by atoms with E-state index in [1.165, 1.54) is 19.3 Å². The maximum Gasteiger partial charge on any atom is 0.333 e. The second kappa shape index (κ2) is 6.14. The first-order valence-electron chi connectivity index (χ1n) is 9.37. The molecule has 25 heavy (non-hydrogen) atoms. The highest BCUT2D eigenvalue weighted by Gasteiger charge is 2.51. The van der Waals surface area contributed by atoms with Crippen LogP contribution in [0.4, 0.5) is 4.79 Å². The zero-order valence-electron chi connectivity index (χ0n) is 14.4. The van der Waals surface area contributed by atoms with Gasteiger partial charge in [0, 0.05) is 12.5 Å². The lowest BCUT2D eigenvalue weighted by Crippen LogP contribution is -2.52. The predicted molar refractivity (Wildman–Crippen MR) is 92.1 cm³/mol. The number of urea groups is 1. The average molecular weight is 369 g/mol. The molecule has 5 fully saturated rings. The van der Waals surface area contributed by atoms with Crippen molar-refractivity contribution in [3.8, 4) is 0 Å². The monoisotopic (exact) mass is 369 g/mol. The fourth-order valence-corrected chi connectivity index (χ4v) is 7.82. The summed E-state index contributed by atoms with van der Waals surface area (Å²) in [6, 6.07) is -0.911. The molecular formula is C17H27N3O4S. The van der Waals surface area contributed by atoms with Gasteiger partial charge in [0.25, 0.3) is 0 Å². The smallest absolute Gasteiger partial charge is 0.333 e. The van der Waals surface area contributed by atoms with E-state index in [-0.39, 0.29) is 28.9 Å². The summed E-state index contributed by atoms with van der Waals surface area (Å²) in [5.41, 5.74) is 5.01. The van der Waals surface area contributed by atoms with Crippen molar-refractivity contribution in [2.24, 2.45) is 23.2 Å². The minimum absolute atomic E-state index is 0.0261. The Bertz CT molecular complexity index is 640. The molecule has 1 unspecified atom stereocenters. The molecule has 1 aliphatic heterocycles. The highest BCUT2D eigenvalue weighted by Crippen LogP contribution is 2.61. The van der Waals surface area contributed by atoms with Gasteiger partial charge in [0.05, 0.1) is 11.5 Å². The van der Waals surface area contributed by atoms with Gasteiger partial charge in [-0.1, -0.05) is 0 Å². The van der Waals surface area contributed by atoms with E-state index in [2.05, 4.69) is 16.2 Å². The molecule has 5 aliphatic rings. The summed E-state index contributed by atoms with van der Waals surface area (Å²) in [6.45, 7) is 0. The summed E-state index contributed by atoms with van der Waals surface area (Å²) in [6.07, 6.45) is 8.38. The molecular weight excluding hydrogens is 342 g/mol. The quantitative estimate of drug-likeness (QED) is 0.648. The lowest BCUT2D eigenvalue weighted by atomic mass is 9.49. The summed E-state index contributed by atoms with van der Waals surface area (Å²) >= 11 is 0. The van der Waals surface area contributed by atoms with Gasteiger partial charge >= 0.3 is 6.03 Å². The van der Waals surface area contributed by atoms with E-state index < -0.39 is 15.9 Å². The highest BCUT2D eigenvalue weighted by atomic mass is 32.2. The molecule has 0 aromatic carbocycles. The first-order valence-corrected chi connectivity index (χ1v) is 11.2. The van der Waals surface area contributed by atoms with Gasteiger partial charge in [0.1, 0.15) is 0 Å². The molecule has 140 valence electrons. The Kier molecular flexibility index (Phi) is 4.21. The van der Waals surface area contributed by atoms with Gasteiger partial charge in [-0.05, 0) is 68.1 Å². The molecule has 3 amide bonds. The maximum atomic E-state index is 12.3. The molecule has 0 spiro atoms. The Hall–Kier alpha value is -1.31. The van der Waals surface area contributed by atoms with Crippen molar-refractivity contribution in [2.45, 2.75) is 57.4 Å². The van der Waals surface area contributed by atoms with Crippen LogP contribution in [0.2, 0.25) is 0 Å². The molecule has 3 N–H and O–H groups in total. The number of nitrogens with one attached hydrogen (secondary N) is 3. The average Bonchev–Trinajstić information content (AvgIpc) is 2.82. The Morgan fingerprint density at radius 2 is 1.56 bits per heavy atom. The van der Waals surface area contributed by atoms with Gasteiger partial charge in [-0.15, -0.1) is 0 Å². The van der Waals surface area contributed by atoms with E-state index in [1.807, 2.05) is 0 Å². The molecule has 0 aromatic rings. The van der Waals surface area contributed by atoms with Gasteiger partial charge in [-0.3, -0.25) is 10.2 Å². The third-order valence-electron chi connectivity index (χ3n) is 6.58. The van der Waals surface area contributed by atoms with Gasteiger partial charge in [0.15, 0.2) is 9.84 Å². The number of carbonyl (C=O) groups is 2. The fraction of sp³-hybridized carbons (Fsp3) is 0.882. The van der Waals surface area contributed by atoms with Crippen LogP contribution in [0, 0.1) is 23.2 Å². The van der Waals surface area contributed by atoms with E-state index in [1.54, 1.807) is 0 Å². The highest BCUT2D eigenvalue weighted by molar-refractivity contribution is 7.91. The van der Waals surface area contributed by atoms with Crippen molar-refractivity contribution in [3.63, 3.8) is 0 Å².